The van der Waals surface area contributed by atoms with Gasteiger partial charge in [0.1, 0.15) is 0 Å². The number of anilines is 1. The molecule has 2 N–H and O–H groups in total. The Morgan fingerprint density at radius 2 is 2.32 bits per heavy atom. The molecule has 0 bridgehead atoms. The predicted molar refractivity (Wildman–Crippen MR) is 71.0 cm³/mol. The van der Waals surface area contributed by atoms with Crippen LogP contribution in [0.1, 0.15) is 6.42 Å². The zero-order chi connectivity index (χ0) is 13.4. The third-order valence-corrected chi connectivity index (χ3v) is 3.36. The average Bonchev–Trinajstić information content (AvgIpc) is 2.84. The Kier molecular flexibility index (Phi) is 2.75. The topological polar surface area (TPSA) is 98.2 Å². The summed E-state index contributed by atoms with van der Waals surface area (Å²) >= 11 is 0. The Hall–Kier alpha value is -2.28. The summed E-state index contributed by atoms with van der Waals surface area (Å²) in [7, 11) is 0. The van der Waals surface area contributed by atoms with Gasteiger partial charge in [-0.15, -0.1) is 5.10 Å². The number of nitro benzene ring substituents is 1. The summed E-state index contributed by atoms with van der Waals surface area (Å²) in [4.78, 5) is 12.4. The SMILES string of the molecule is NC1CCN(c2nncc3cc([N+](=O)[O-])ccc23)C1. The summed E-state index contributed by atoms with van der Waals surface area (Å²) in [5, 5.41) is 20.4. The van der Waals surface area contributed by atoms with Crippen molar-refractivity contribution in [2.24, 2.45) is 5.73 Å². The summed E-state index contributed by atoms with van der Waals surface area (Å²) < 4.78 is 0. The van der Waals surface area contributed by atoms with E-state index in [0.29, 0.717) is 0 Å². The Labute approximate surface area is 109 Å². The Balaban J connectivity index is 2.08. The first-order valence-corrected chi connectivity index (χ1v) is 6.05. The van der Waals surface area contributed by atoms with Crippen LogP contribution in [0.3, 0.4) is 0 Å². The van der Waals surface area contributed by atoms with Crippen LogP contribution in [0.25, 0.3) is 10.8 Å². The van der Waals surface area contributed by atoms with Crippen molar-refractivity contribution in [3.05, 3.63) is 34.5 Å². The maximum absolute atomic E-state index is 10.8. The molecule has 0 saturated carbocycles. The van der Waals surface area contributed by atoms with Crippen molar-refractivity contribution in [1.82, 2.24) is 10.2 Å². The Morgan fingerprint density at radius 1 is 1.47 bits per heavy atom. The summed E-state index contributed by atoms with van der Waals surface area (Å²) in [5.41, 5.74) is 5.95. The zero-order valence-corrected chi connectivity index (χ0v) is 10.2. The van der Waals surface area contributed by atoms with Gasteiger partial charge in [0.25, 0.3) is 5.69 Å². The predicted octanol–water partition coefficient (Wildman–Crippen LogP) is 1.08. The first kappa shape index (κ1) is 11.8. The first-order chi connectivity index (χ1) is 9.15. The van der Waals surface area contributed by atoms with E-state index < -0.39 is 4.92 Å². The minimum atomic E-state index is -0.411. The lowest BCUT2D eigenvalue weighted by molar-refractivity contribution is -0.384. The van der Waals surface area contributed by atoms with Crippen LogP contribution in [-0.4, -0.2) is 34.3 Å². The van der Waals surface area contributed by atoms with Gasteiger partial charge in [-0.3, -0.25) is 10.1 Å². The number of rotatable bonds is 2. The summed E-state index contributed by atoms with van der Waals surface area (Å²) in [6.07, 6.45) is 2.47. The molecule has 1 saturated heterocycles. The van der Waals surface area contributed by atoms with E-state index in [1.165, 1.54) is 12.1 Å². The second kappa shape index (κ2) is 4.43. The highest BCUT2D eigenvalue weighted by Crippen LogP contribution is 2.28. The van der Waals surface area contributed by atoms with Crippen molar-refractivity contribution < 1.29 is 4.92 Å². The number of nitro groups is 1. The van der Waals surface area contributed by atoms with Gasteiger partial charge in [0.05, 0.1) is 11.1 Å². The summed E-state index contributed by atoms with van der Waals surface area (Å²) in [6, 6.07) is 4.88. The lowest BCUT2D eigenvalue weighted by Crippen LogP contribution is -2.27. The molecule has 19 heavy (non-hydrogen) atoms. The molecule has 2 aromatic rings. The molecule has 7 nitrogen and oxygen atoms in total. The minimum Gasteiger partial charge on any atom is -0.353 e. The maximum atomic E-state index is 10.8. The molecule has 1 atom stereocenters. The monoisotopic (exact) mass is 259 g/mol. The fourth-order valence-corrected chi connectivity index (χ4v) is 2.39. The van der Waals surface area contributed by atoms with Crippen LogP contribution in [0.4, 0.5) is 11.5 Å². The lowest BCUT2D eigenvalue weighted by Gasteiger charge is -2.17. The molecule has 7 heteroatoms. The van der Waals surface area contributed by atoms with E-state index in [1.54, 1.807) is 12.3 Å². The number of aromatic nitrogens is 2. The Morgan fingerprint density at radius 3 is 3.00 bits per heavy atom. The van der Waals surface area contributed by atoms with E-state index in [4.69, 9.17) is 5.73 Å². The third-order valence-electron chi connectivity index (χ3n) is 3.36. The molecule has 3 rings (SSSR count). The van der Waals surface area contributed by atoms with Gasteiger partial charge >= 0.3 is 0 Å². The molecule has 1 aliphatic heterocycles. The number of hydrogen-bond donors (Lipinski definition) is 1. The molecule has 1 aromatic carbocycles. The molecular weight excluding hydrogens is 246 g/mol. The molecule has 1 aliphatic rings. The van der Waals surface area contributed by atoms with Crippen molar-refractivity contribution in [1.29, 1.82) is 0 Å². The molecule has 1 fully saturated rings. The van der Waals surface area contributed by atoms with Gasteiger partial charge in [0, 0.05) is 42.0 Å². The molecular formula is C12H13N5O2. The number of hydrogen-bond acceptors (Lipinski definition) is 6. The van der Waals surface area contributed by atoms with E-state index in [-0.39, 0.29) is 11.7 Å². The van der Waals surface area contributed by atoms with Gasteiger partial charge in [-0.05, 0) is 12.5 Å². The largest absolute Gasteiger partial charge is 0.353 e. The van der Waals surface area contributed by atoms with Crippen LogP contribution in [0.15, 0.2) is 24.4 Å². The molecule has 0 amide bonds. The van der Waals surface area contributed by atoms with Crippen molar-refractivity contribution in [3.8, 4) is 0 Å². The zero-order valence-electron chi connectivity index (χ0n) is 10.2. The molecule has 0 radical (unpaired) electrons. The van der Waals surface area contributed by atoms with Gasteiger partial charge in [-0.1, -0.05) is 0 Å². The average molecular weight is 259 g/mol. The van der Waals surface area contributed by atoms with E-state index in [0.717, 1.165) is 36.1 Å². The van der Waals surface area contributed by atoms with Crippen molar-refractivity contribution in [3.63, 3.8) is 0 Å². The fraction of sp³-hybridized carbons (Fsp3) is 0.333. The van der Waals surface area contributed by atoms with Gasteiger partial charge in [-0.25, -0.2) is 0 Å². The van der Waals surface area contributed by atoms with Crippen LogP contribution < -0.4 is 10.6 Å². The van der Waals surface area contributed by atoms with Gasteiger partial charge in [0.2, 0.25) is 0 Å². The minimum absolute atomic E-state index is 0.0598. The first-order valence-electron chi connectivity index (χ1n) is 6.05. The van der Waals surface area contributed by atoms with Crippen LogP contribution in [-0.2, 0) is 0 Å². The number of fused-ring (bicyclic) bond motifs is 1. The molecule has 2 heterocycles. The number of nitrogens with two attached hydrogens (primary N) is 1. The van der Waals surface area contributed by atoms with Crippen LogP contribution >= 0.6 is 0 Å². The van der Waals surface area contributed by atoms with Crippen LogP contribution in [0.2, 0.25) is 0 Å². The fourth-order valence-electron chi connectivity index (χ4n) is 2.39. The number of benzene rings is 1. The van der Waals surface area contributed by atoms with E-state index in [2.05, 4.69) is 15.1 Å². The van der Waals surface area contributed by atoms with Crippen LogP contribution in [0, 0.1) is 10.1 Å². The van der Waals surface area contributed by atoms with Gasteiger partial charge in [-0.2, -0.15) is 5.10 Å². The normalized spacial score (nSPS) is 19.0. The molecule has 1 unspecified atom stereocenters. The summed E-state index contributed by atoms with van der Waals surface area (Å²) in [5.74, 6) is 0.750. The molecule has 0 spiro atoms. The highest BCUT2D eigenvalue weighted by molar-refractivity contribution is 5.92. The van der Waals surface area contributed by atoms with E-state index >= 15 is 0 Å². The molecule has 0 aliphatic carbocycles. The standard InChI is InChI=1S/C12H13N5O2/c13-9-3-4-16(7-9)12-11-2-1-10(17(18)19)5-8(11)6-14-15-12/h1-2,5-6,9H,3-4,7,13H2. The Bertz CT molecular complexity index is 645. The number of non-ortho nitro benzene ring substituents is 1. The summed E-state index contributed by atoms with van der Waals surface area (Å²) in [6.45, 7) is 1.58. The van der Waals surface area contributed by atoms with Gasteiger partial charge < -0.3 is 10.6 Å². The smallest absolute Gasteiger partial charge is 0.270 e. The third kappa shape index (κ3) is 2.08. The van der Waals surface area contributed by atoms with Gasteiger partial charge in [0.15, 0.2) is 5.82 Å². The number of nitrogens with zero attached hydrogens (tertiary/aromatic N) is 4. The molecule has 98 valence electrons. The van der Waals surface area contributed by atoms with Crippen molar-refractivity contribution >= 4 is 22.3 Å². The quantitative estimate of drug-likeness (QED) is 0.640. The lowest BCUT2D eigenvalue weighted by atomic mass is 10.1. The van der Waals surface area contributed by atoms with Crippen molar-refractivity contribution in [2.75, 3.05) is 18.0 Å². The second-order valence-electron chi connectivity index (χ2n) is 4.69. The highest BCUT2D eigenvalue weighted by atomic mass is 16.6. The van der Waals surface area contributed by atoms with E-state index in [9.17, 15) is 10.1 Å². The van der Waals surface area contributed by atoms with E-state index in [1.807, 2.05) is 0 Å². The highest BCUT2D eigenvalue weighted by Gasteiger charge is 2.22. The van der Waals surface area contributed by atoms with Crippen molar-refractivity contribution in [2.45, 2.75) is 12.5 Å². The van der Waals surface area contributed by atoms with Crippen LogP contribution in [0.5, 0.6) is 0 Å². The second-order valence-corrected chi connectivity index (χ2v) is 4.69. The molecule has 1 aromatic heterocycles. The maximum Gasteiger partial charge on any atom is 0.270 e.